The third-order valence-electron chi connectivity index (χ3n) is 5.23. The Hall–Kier alpha value is -2.58. The summed E-state index contributed by atoms with van der Waals surface area (Å²) in [6.07, 6.45) is 0.610. The molecule has 0 fully saturated rings. The molecule has 0 aliphatic carbocycles. The van der Waals surface area contributed by atoms with E-state index in [2.05, 4.69) is 5.32 Å². The van der Waals surface area contributed by atoms with Crippen LogP contribution in [0.2, 0.25) is 0 Å². The van der Waals surface area contributed by atoms with E-state index < -0.39 is 5.97 Å². The molecule has 1 aromatic carbocycles. The summed E-state index contributed by atoms with van der Waals surface area (Å²) in [5.74, 6) is 0.127. The Kier molecular flexibility index (Phi) is 7.79. The normalized spacial score (nSPS) is 11.9. The fourth-order valence-electron chi connectivity index (χ4n) is 3.41. The molecule has 1 N–H and O–H groups in total. The molecule has 0 saturated heterocycles. The molecule has 1 atom stereocenters. The molecule has 1 amide bonds. The molecule has 3 rings (SSSR count). The van der Waals surface area contributed by atoms with E-state index in [0.717, 1.165) is 31.9 Å². The van der Waals surface area contributed by atoms with Gasteiger partial charge in [-0.25, -0.2) is 9.78 Å². The van der Waals surface area contributed by atoms with E-state index in [-0.39, 0.29) is 17.8 Å². The number of ether oxygens (including phenoxy) is 2. The van der Waals surface area contributed by atoms with E-state index in [0.29, 0.717) is 22.7 Å². The first-order valence-corrected chi connectivity index (χ1v) is 12.2. The highest BCUT2D eigenvalue weighted by Gasteiger charge is 2.25. The minimum absolute atomic E-state index is 0.163. The van der Waals surface area contributed by atoms with Gasteiger partial charge in [0.25, 0.3) is 0 Å². The molecule has 32 heavy (non-hydrogen) atoms. The van der Waals surface area contributed by atoms with E-state index >= 15 is 0 Å². The number of methoxy groups -OCH3 is 1. The highest BCUT2D eigenvalue weighted by atomic mass is 32.2. The van der Waals surface area contributed by atoms with Gasteiger partial charge in [0.15, 0.2) is 0 Å². The van der Waals surface area contributed by atoms with Crippen molar-refractivity contribution in [3.8, 4) is 5.75 Å². The zero-order chi connectivity index (χ0) is 23.4. The zero-order valence-corrected chi connectivity index (χ0v) is 20.8. The second-order valence-electron chi connectivity index (χ2n) is 7.35. The fraction of sp³-hybridized carbons (Fsp3) is 0.375. The summed E-state index contributed by atoms with van der Waals surface area (Å²) >= 11 is 2.80. The third-order valence-corrected chi connectivity index (χ3v) is 7.64. The molecular weight excluding hydrogens is 444 g/mol. The van der Waals surface area contributed by atoms with E-state index in [4.69, 9.17) is 14.5 Å². The quantitative estimate of drug-likeness (QED) is 0.324. The first-order chi connectivity index (χ1) is 15.3. The number of anilines is 1. The van der Waals surface area contributed by atoms with Crippen molar-refractivity contribution >= 4 is 50.9 Å². The molecular formula is C24H28N2O4S2. The Balaban J connectivity index is 1.87. The molecule has 3 aromatic rings. The average molecular weight is 473 g/mol. The van der Waals surface area contributed by atoms with Crippen molar-refractivity contribution < 1.29 is 19.1 Å². The van der Waals surface area contributed by atoms with Crippen molar-refractivity contribution in [2.24, 2.45) is 0 Å². The van der Waals surface area contributed by atoms with Gasteiger partial charge >= 0.3 is 5.97 Å². The van der Waals surface area contributed by atoms with Crippen LogP contribution in [0.15, 0.2) is 29.3 Å². The van der Waals surface area contributed by atoms with Crippen LogP contribution in [-0.4, -0.2) is 35.8 Å². The fourth-order valence-corrected chi connectivity index (χ4v) is 5.48. The van der Waals surface area contributed by atoms with Crippen LogP contribution in [0.25, 0.3) is 10.9 Å². The number of amides is 1. The van der Waals surface area contributed by atoms with Crippen molar-refractivity contribution in [2.45, 2.75) is 51.3 Å². The standard InChI is InChI=1S/C24H28N2O4S2/c1-7-18(22(27)26-23-20(24(28)30-8-2)14(4)15(5)31-23)32-19-12-13(3)16-10-9-11-17(29-6)21(16)25-19/h9-12,18H,7-8H2,1-6H3,(H,26,27). The van der Waals surface area contributed by atoms with Crippen LogP contribution in [0.3, 0.4) is 0 Å². The van der Waals surface area contributed by atoms with E-state index in [1.54, 1.807) is 14.0 Å². The van der Waals surface area contributed by atoms with E-state index in [1.807, 2.05) is 52.0 Å². The van der Waals surface area contributed by atoms with Crippen molar-refractivity contribution in [3.05, 3.63) is 45.8 Å². The van der Waals surface area contributed by atoms with Gasteiger partial charge < -0.3 is 14.8 Å². The molecule has 0 spiro atoms. The van der Waals surface area contributed by atoms with Crippen LogP contribution >= 0.6 is 23.1 Å². The Morgan fingerprint density at radius 2 is 1.97 bits per heavy atom. The maximum atomic E-state index is 13.1. The third kappa shape index (κ3) is 4.91. The number of thiophene rings is 1. The van der Waals surface area contributed by atoms with Crippen LogP contribution in [0, 0.1) is 20.8 Å². The maximum absolute atomic E-state index is 13.1. The molecule has 0 bridgehead atoms. The van der Waals surface area contributed by atoms with Gasteiger partial charge in [-0.15, -0.1) is 11.3 Å². The summed E-state index contributed by atoms with van der Waals surface area (Å²) < 4.78 is 10.7. The monoisotopic (exact) mass is 472 g/mol. The van der Waals surface area contributed by atoms with Gasteiger partial charge in [-0.3, -0.25) is 4.79 Å². The number of para-hydroxylation sites is 1. The summed E-state index contributed by atoms with van der Waals surface area (Å²) in [6.45, 7) is 9.83. The number of aryl methyl sites for hydroxylation is 2. The number of thioether (sulfide) groups is 1. The van der Waals surface area contributed by atoms with Gasteiger partial charge in [0.2, 0.25) is 5.91 Å². The van der Waals surface area contributed by atoms with Crippen LogP contribution < -0.4 is 10.1 Å². The SMILES string of the molecule is CCOC(=O)c1c(NC(=O)C(CC)Sc2cc(C)c3cccc(OC)c3n2)sc(C)c1C. The number of benzene rings is 1. The lowest BCUT2D eigenvalue weighted by Gasteiger charge is -2.16. The molecule has 1 unspecified atom stereocenters. The van der Waals surface area contributed by atoms with Gasteiger partial charge in [0.05, 0.1) is 29.6 Å². The summed E-state index contributed by atoms with van der Waals surface area (Å²) in [7, 11) is 1.63. The molecule has 8 heteroatoms. The number of esters is 1. The number of nitrogens with one attached hydrogen (secondary N) is 1. The van der Waals surface area contributed by atoms with Crippen LogP contribution in [-0.2, 0) is 9.53 Å². The second kappa shape index (κ2) is 10.4. The number of hydrogen-bond acceptors (Lipinski definition) is 7. The Morgan fingerprint density at radius 3 is 2.62 bits per heavy atom. The molecule has 2 aromatic heterocycles. The summed E-state index contributed by atoms with van der Waals surface area (Å²) in [5.41, 5.74) is 3.12. The van der Waals surface area contributed by atoms with Crippen LogP contribution in [0.4, 0.5) is 5.00 Å². The van der Waals surface area contributed by atoms with Crippen molar-refractivity contribution in [1.29, 1.82) is 0 Å². The molecule has 0 saturated carbocycles. The minimum atomic E-state index is -0.413. The highest BCUT2D eigenvalue weighted by molar-refractivity contribution is 8.00. The van der Waals surface area contributed by atoms with Crippen molar-refractivity contribution in [3.63, 3.8) is 0 Å². The van der Waals surface area contributed by atoms with Gasteiger partial charge in [-0.05, 0) is 57.4 Å². The lowest BCUT2D eigenvalue weighted by molar-refractivity contribution is -0.115. The first-order valence-electron chi connectivity index (χ1n) is 10.5. The number of carbonyl (C=O) groups excluding carboxylic acids is 2. The summed E-state index contributed by atoms with van der Waals surface area (Å²) in [5, 5.41) is 4.91. The molecule has 0 aliphatic rings. The van der Waals surface area contributed by atoms with E-state index in [1.165, 1.54) is 23.1 Å². The highest BCUT2D eigenvalue weighted by Crippen LogP contribution is 2.35. The average Bonchev–Trinajstić information content (AvgIpc) is 3.04. The summed E-state index contributed by atoms with van der Waals surface area (Å²) in [6, 6.07) is 7.82. The predicted octanol–water partition coefficient (Wildman–Crippen LogP) is 5.92. The lowest BCUT2D eigenvalue weighted by atomic mass is 10.1. The predicted molar refractivity (Wildman–Crippen MR) is 131 cm³/mol. The zero-order valence-electron chi connectivity index (χ0n) is 19.2. The Bertz CT molecular complexity index is 1160. The Labute approximate surface area is 196 Å². The van der Waals surface area contributed by atoms with Gasteiger partial charge in [-0.1, -0.05) is 30.8 Å². The number of fused-ring (bicyclic) bond motifs is 1. The smallest absolute Gasteiger partial charge is 0.341 e. The first kappa shape index (κ1) is 24.1. The van der Waals surface area contributed by atoms with Gasteiger partial charge in [-0.2, -0.15) is 0 Å². The number of pyridine rings is 1. The minimum Gasteiger partial charge on any atom is -0.494 e. The van der Waals surface area contributed by atoms with Crippen molar-refractivity contribution in [1.82, 2.24) is 4.98 Å². The molecule has 0 aliphatic heterocycles. The molecule has 0 radical (unpaired) electrons. The van der Waals surface area contributed by atoms with Crippen LogP contribution in [0.1, 0.15) is 46.6 Å². The van der Waals surface area contributed by atoms with Crippen LogP contribution in [0.5, 0.6) is 5.75 Å². The van der Waals surface area contributed by atoms with Gasteiger partial charge in [0.1, 0.15) is 16.3 Å². The molecule has 170 valence electrons. The summed E-state index contributed by atoms with van der Waals surface area (Å²) in [4.78, 5) is 31.3. The number of aromatic nitrogens is 1. The second-order valence-corrected chi connectivity index (χ2v) is 9.79. The van der Waals surface area contributed by atoms with Crippen molar-refractivity contribution in [2.75, 3.05) is 19.0 Å². The number of hydrogen-bond donors (Lipinski definition) is 1. The molecule has 2 heterocycles. The number of carbonyl (C=O) groups is 2. The number of rotatable bonds is 8. The molecule has 6 nitrogen and oxygen atoms in total. The van der Waals surface area contributed by atoms with E-state index in [9.17, 15) is 9.59 Å². The topological polar surface area (TPSA) is 77.5 Å². The lowest BCUT2D eigenvalue weighted by Crippen LogP contribution is -2.25. The maximum Gasteiger partial charge on any atom is 0.341 e. The Morgan fingerprint density at radius 1 is 1.22 bits per heavy atom. The number of nitrogens with zero attached hydrogens (tertiary/aromatic N) is 1. The van der Waals surface area contributed by atoms with Gasteiger partial charge in [0, 0.05) is 10.3 Å². The largest absolute Gasteiger partial charge is 0.494 e.